The topological polar surface area (TPSA) is 40.1 Å². The van der Waals surface area contributed by atoms with Crippen molar-refractivity contribution in [2.45, 2.75) is 6.92 Å². The predicted molar refractivity (Wildman–Crippen MR) is 52.1 cm³/mol. The fourth-order valence-corrected chi connectivity index (χ4v) is 1.45. The molecule has 0 radical (unpaired) electrons. The van der Waals surface area contributed by atoms with Gasteiger partial charge in [-0.3, -0.25) is 0 Å². The molecule has 0 aliphatic rings. The zero-order chi connectivity index (χ0) is 9.68. The second-order valence-corrected chi connectivity index (χ2v) is 3.54. The summed E-state index contributed by atoms with van der Waals surface area (Å²) in [6, 6.07) is 3.91. The zero-order valence-electron chi connectivity index (χ0n) is 8.19. The summed E-state index contributed by atoms with van der Waals surface area (Å²) in [6.45, 7) is 1.72. The fraction of sp³-hybridized carbons (Fsp3) is 0.100. The number of allylic oxidation sites excluding steroid dienone is 2. The van der Waals surface area contributed by atoms with E-state index in [0.717, 1.165) is 11.0 Å². The molecule has 0 N–H and O–H groups in total. The zero-order valence-corrected chi connectivity index (χ0v) is 11.0. The monoisotopic (exact) mass is 216 g/mol. The molecule has 2 nitrogen and oxygen atoms in total. The van der Waals surface area contributed by atoms with Gasteiger partial charge < -0.3 is 9.90 Å². The Kier molecular flexibility index (Phi) is 6.83. The Morgan fingerprint density at radius 2 is 2.29 bits per heavy atom. The summed E-state index contributed by atoms with van der Waals surface area (Å²) in [6.07, 6.45) is 4.70. The maximum absolute atomic E-state index is 10.2. The molecular formula is C10H9NaO2S. The van der Waals surface area contributed by atoms with Crippen LogP contribution in [0.3, 0.4) is 0 Å². The number of hydrogen-bond acceptors (Lipinski definition) is 3. The van der Waals surface area contributed by atoms with E-state index < -0.39 is 5.97 Å². The van der Waals surface area contributed by atoms with Gasteiger partial charge in [0, 0.05) is 4.88 Å². The van der Waals surface area contributed by atoms with Crippen LogP contribution in [0, 0.1) is 0 Å². The van der Waals surface area contributed by atoms with E-state index in [9.17, 15) is 9.90 Å². The van der Waals surface area contributed by atoms with Crippen LogP contribution in [0.5, 0.6) is 0 Å². The number of aliphatic carboxylic acids is 1. The third-order valence-electron chi connectivity index (χ3n) is 1.40. The van der Waals surface area contributed by atoms with Crippen molar-refractivity contribution in [2.24, 2.45) is 0 Å². The predicted octanol–water partition coefficient (Wildman–Crippen LogP) is -1.54. The number of carbonyl (C=O) groups is 1. The largest absolute Gasteiger partial charge is 1.00 e. The summed E-state index contributed by atoms with van der Waals surface area (Å²) >= 11 is 1.61. The summed E-state index contributed by atoms with van der Waals surface area (Å²) in [5.41, 5.74) is 0.674. The van der Waals surface area contributed by atoms with Crippen LogP contribution < -0.4 is 34.7 Å². The number of carboxylic acids is 1. The van der Waals surface area contributed by atoms with Crippen LogP contribution >= 0.6 is 11.3 Å². The van der Waals surface area contributed by atoms with Crippen LogP contribution in [-0.2, 0) is 4.79 Å². The van der Waals surface area contributed by atoms with Gasteiger partial charge in [0.05, 0.1) is 5.97 Å². The van der Waals surface area contributed by atoms with Crippen molar-refractivity contribution in [3.63, 3.8) is 0 Å². The number of thiophene rings is 1. The Morgan fingerprint density at radius 1 is 1.57 bits per heavy atom. The molecule has 0 fully saturated rings. The summed E-state index contributed by atoms with van der Waals surface area (Å²) in [5, 5.41) is 12.1. The van der Waals surface area contributed by atoms with E-state index in [4.69, 9.17) is 0 Å². The van der Waals surface area contributed by atoms with Gasteiger partial charge in [-0.2, -0.15) is 0 Å². The van der Waals surface area contributed by atoms with Crippen molar-refractivity contribution < 1.29 is 39.5 Å². The van der Waals surface area contributed by atoms with Crippen LogP contribution in [0.15, 0.2) is 35.2 Å². The van der Waals surface area contributed by atoms with Gasteiger partial charge in [-0.15, -0.1) is 11.3 Å². The minimum atomic E-state index is -1.16. The van der Waals surface area contributed by atoms with Crippen LogP contribution in [0.4, 0.5) is 0 Å². The van der Waals surface area contributed by atoms with E-state index in [2.05, 4.69) is 0 Å². The van der Waals surface area contributed by atoms with Crippen molar-refractivity contribution in [1.29, 1.82) is 0 Å². The van der Waals surface area contributed by atoms with E-state index in [-0.39, 0.29) is 29.6 Å². The second-order valence-electron chi connectivity index (χ2n) is 2.56. The summed E-state index contributed by atoms with van der Waals surface area (Å²) < 4.78 is 0. The van der Waals surface area contributed by atoms with Crippen molar-refractivity contribution >= 4 is 23.4 Å². The molecular weight excluding hydrogens is 207 g/mol. The molecule has 4 heteroatoms. The van der Waals surface area contributed by atoms with E-state index in [1.165, 1.54) is 0 Å². The Hall–Kier alpha value is -0.350. The Labute approximate surface area is 109 Å². The molecule has 0 aliphatic heterocycles. The first-order valence-electron chi connectivity index (χ1n) is 3.79. The molecule has 1 rings (SSSR count). The summed E-state index contributed by atoms with van der Waals surface area (Å²) in [7, 11) is 0. The maximum atomic E-state index is 10.2. The molecule has 1 aromatic rings. The molecule has 14 heavy (non-hydrogen) atoms. The molecule has 0 aromatic carbocycles. The Bertz CT molecular complexity index is 339. The summed E-state index contributed by atoms with van der Waals surface area (Å²) in [5.74, 6) is -1.16. The van der Waals surface area contributed by atoms with Crippen molar-refractivity contribution in [3.05, 3.63) is 40.1 Å². The molecule has 0 amide bonds. The molecule has 1 heterocycles. The maximum Gasteiger partial charge on any atom is 1.00 e. The average molecular weight is 216 g/mol. The van der Waals surface area contributed by atoms with Gasteiger partial charge in [-0.1, -0.05) is 12.1 Å². The van der Waals surface area contributed by atoms with Gasteiger partial charge in [0.15, 0.2) is 0 Å². The molecule has 0 spiro atoms. The first kappa shape index (κ1) is 13.7. The van der Waals surface area contributed by atoms with Gasteiger partial charge in [0.2, 0.25) is 0 Å². The van der Waals surface area contributed by atoms with Crippen LogP contribution in [0.1, 0.15) is 11.8 Å². The standard InChI is InChI=1S/C10H10O2S.Na/c1-8(7-10(11)12)4-5-9-3-2-6-13-9;/h2-7H,1H3,(H,11,12);/q;+1/p-1/b5-4+,8-7-;. The summed E-state index contributed by atoms with van der Waals surface area (Å²) in [4.78, 5) is 11.3. The fourth-order valence-electron chi connectivity index (χ4n) is 0.834. The van der Waals surface area contributed by atoms with Gasteiger partial charge in [-0.25, -0.2) is 0 Å². The number of carbonyl (C=O) groups excluding carboxylic acids is 1. The Balaban J connectivity index is 0.00000169. The van der Waals surface area contributed by atoms with Crippen molar-refractivity contribution in [2.75, 3.05) is 0 Å². The molecule has 0 bridgehead atoms. The molecule has 0 atom stereocenters. The first-order chi connectivity index (χ1) is 6.18. The minimum Gasteiger partial charge on any atom is -0.545 e. The number of hydrogen-bond donors (Lipinski definition) is 0. The van der Waals surface area contributed by atoms with E-state index in [1.807, 2.05) is 23.6 Å². The number of rotatable bonds is 3. The van der Waals surface area contributed by atoms with Gasteiger partial charge in [0.25, 0.3) is 0 Å². The van der Waals surface area contributed by atoms with E-state index in [0.29, 0.717) is 5.57 Å². The SMILES string of the molecule is CC(=C/C(=O)[O-])/C=C/c1cccs1.[Na+]. The average Bonchev–Trinajstić information content (AvgIpc) is 2.51. The minimum absolute atomic E-state index is 0. The van der Waals surface area contributed by atoms with Gasteiger partial charge >= 0.3 is 29.6 Å². The van der Waals surface area contributed by atoms with Crippen LogP contribution in [0.25, 0.3) is 6.08 Å². The third kappa shape index (κ3) is 5.40. The van der Waals surface area contributed by atoms with Crippen molar-refractivity contribution in [3.8, 4) is 0 Å². The molecule has 0 saturated heterocycles. The molecule has 0 aliphatic carbocycles. The quantitative estimate of drug-likeness (QED) is 0.349. The normalized spacial score (nSPS) is 11.4. The Morgan fingerprint density at radius 3 is 2.79 bits per heavy atom. The first-order valence-corrected chi connectivity index (χ1v) is 4.67. The van der Waals surface area contributed by atoms with E-state index >= 15 is 0 Å². The second kappa shape index (κ2) is 7.01. The van der Waals surface area contributed by atoms with Gasteiger partial charge in [0.1, 0.15) is 0 Å². The molecule has 0 unspecified atom stereocenters. The molecule has 68 valence electrons. The third-order valence-corrected chi connectivity index (χ3v) is 2.24. The van der Waals surface area contributed by atoms with E-state index in [1.54, 1.807) is 24.3 Å². The number of carboxylic acid groups (broad SMARTS) is 1. The molecule has 0 saturated carbocycles. The molecule has 1 aromatic heterocycles. The van der Waals surface area contributed by atoms with Crippen LogP contribution in [0.2, 0.25) is 0 Å². The van der Waals surface area contributed by atoms with Gasteiger partial charge in [-0.05, 0) is 36.1 Å². The van der Waals surface area contributed by atoms with Crippen LogP contribution in [-0.4, -0.2) is 5.97 Å². The smallest absolute Gasteiger partial charge is 0.545 e. The van der Waals surface area contributed by atoms with Crippen molar-refractivity contribution in [1.82, 2.24) is 0 Å².